The van der Waals surface area contributed by atoms with E-state index in [0.717, 1.165) is 31.4 Å². The normalized spacial score (nSPS) is 33.7. The lowest BCUT2D eigenvalue weighted by atomic mass is 9.49. The van der Waals surface area contributed by atoms with E-state index in [1.807, 2.05) is 0 Å². The van der Waals surface area contributed by atoms with Crippen LogP contribution in [0.25, 0.3) is 0 Å². The predicted molar refractivity (Wildman–Crippen MR) is 99.3 cm³/mol. The minimum atomic E-state index is -0.870. The van der Waals surface area contributed by atoms with Gasteiger partial charge in [0.1, 0.15) is 11.6 Å². The lowest BCUT2D eigenvalue weighted by Gasteiger charge is -2.60. The molecule has 4 aliphatic carbocycles. The first kappa shape index (κ1) is 18.8. The number of carbonyl (C=O) groups excluding carboxylic acids is 2. The molecule has 0 aromatic heterocycles. The smallest absolute Gasteiger partial charge is 0.306 e. The van der Waals surface area contributed by atoms with Gasteiger partial charge >= 0.3 is 5.97 Å². The topological polar surface area (TPSA) is 55.4 Å². The number of benzene rings is 1. The number of alkyl halides is 1. The van der Waals surface area contributed by atoms with E-state index < -0.39 is 24.1 Å². The van der Waals surface area contributed by atoms with Crippen LogP contribution in [0.15, 0.2) is 18.2 Å². The third-order valence-corrected chi connectivity index (χ3v) is 7.13. The third kappa shape index (κ3) is 4.03. The van der Waals surface area contributed by atoms with Crippen molar-refractivity contribution in [3.8, 4) is 0 Å². The molecule has 1 aromatic rings. The van der Waals surface area contributed by atoms with E-state index >= 15 is 0 Å². The summed E-state index contributed by atoms with van der Waals surface area (Å²) in [5.74, 6) is -1.28. The van der Waals surface area contributed by atoms with Crippen LogP contribution in [0.4, 0.5) is 14.5 Å². The molecule has 2 atom stereocenters. The summed E-state index contributed by atoms with van der Waals surface area (Å²) < 4.78 is 31.8. The molecule has 5 rings (SSSR count). The second-order valence-electron chi connectivity index (χ2n) is 8.62. The summed E-state index contributed by atoms with van der Waals surface area (Å²) in [4.78, 5) is 24.3. The van der Waals surface area contributed by atoms with Crippen LogP contribution in [-0.2, 0) is 14.3 Å². The molecule has 4 fully saturated rings. The molecule has 0 spiro atoms. The number of esters is 1. The van der Waals surface area contributed by atoms with E-state index in [4.69, 9.17) is 4.74 Å². The van der Waals surface area contributed by atoms with Crippen molar-refractivity contribution in [2.45, 2.75) is 49.3 Å². The van der Waals surface area contributed by atoms with Gasteiger partial charge in [0.15, 0.2) is 6.61 Å². The minimum Gasteiger partial charge on any atom is -0.456 e. The fraction of sp³-hybridized carbons (Fsp3) is 0.600. The van der Waals surface area contributed by atoms with Gasteiger partial charge < -0.3 is 10.1 Å². The fourth-order valence-corrected chi connectivity index (χ4v) is 7.33. The van der Waals surface area contributed by atoms with Crippen molar-refractivity contribution >= 4 is 33.5 Å². The zero-order chi connectivity index (χ0) is 19.2. The number of hydrogen-bond donors (Lipinski definition) is 1. The number of ether oxygens (including phenoxy) is 1. The van der Waals surface area contributed by atoms with Crippen LogP contribution >= 0.6 is 15.9 Å². The molecule has 7 heteroatoms. The van der Waals surface area contributed by atoms with Gasteiger partial charge in [0, 0.05) is 10.4 Å². The SMILES string of the molecule is O=C(COC(=O)CC12CC3CC(CC(Br)(C3)C1)C2)Nc1ccc(F)cc1F. The molecule has 4 nitrogen and oxygen atoms in total. The van der Waals surface area contributed by atoms with Gasteiger partial charge in [0.25, 0.3) is 5.91 Å². The van der Waals surface area contributed by atoms with Crippen LogP contribution in [0.1, 0.15) is 44.9 Å². The van der Waals surface area contributed by atoms with Crippen molar-refractivity contribution in [3.05, 3.63) is 29.8 Å². The average Bonchev–Trinajstić information content (AvgIpc) is 2.53. The quantitative estimate of drug-likeness (QED) is 0.537. The van der Waals surface area contributed by atoms with E-state index in [9.17, 15) is 18.4 Å². The lowest BCUT2D eigenvalue weighted by molar-refractivity contribution is -0.153. The molecule has 27 heavy (non-hydrogen) atoms. The van der Waals surface area contributed by atoms with Crippen molar-refractivity contribution in [2.24, 2.45) is 17.3 Å². The Labute approximate surface area is 165 Å². The summed E-state index contributed by atoms with van der Waals surface area (Å²) in [7, 11) is 0. The van der Waals surface area contributed by atoms with Crippen LogP contribution in [0.2, 0.25) is 0 Å². The molecule has 0 heterocycles. The number of halogens is 3. The molecule has 0 radical (unpaired) electrons. The summed E-state index contributed by atoms with van der Waals surface area (Å²) in [6.45, 7) is -0.474. The average molecular weight is 442 g/mol. The van der Waals surface area contributed by atoms with Crippen LogP contribution in [0.5, 0.6) is 0 Å². The second kappa shape index (κ2) is 6.83. The van der Waals surface area contributed by atoms with Crippen molar-refractivity contribution in [1.82, 2.24) is 0 Å². The van der Waals surface area contributed by atoms with Gasteiger partial charge in [-0.15, -0.1) is 0 Å². The molecular formula is C20H22BrF2NO3. The van der Waals surface area contributed by atoms with Gasteiger partial charge in [-0.1, -0.05) is 15.9 Å². The maximum Gasteiger partial charge on any atom is 0.306 e. The second-order valence-corrected chi connectivity index (χ2v) is 10.3. The number of rotatable bonds is 5. The fourth-order valence-electron chi connectivity index (χ4n) is 5.82. The first-order chi connectivity index (χ1) is 12.7. The highest BCUT2D eigenvalue weighted by molar-refractivity contribution is 9.10. The van der Waals surface area contributed by atoms with E-state index in [-0.39, 0.29) is 21.4 Å². The third-order valence-electron chi connectivity index (χ3n) is 6.20. The molecule has 0 aliphatic heterocycles. The Morgan fingerprint density at radius 1 is 1.19 bits per heavy atom. The Bertz CT molecular complexity index is 770. The molecule has 4 bridgehead atoms. The van der Waals surface area contributed by atoms with Crippen molar-refractivity contribution < 1.29 is 23.1 Å². The first-order valence-corrected chi connectivity index (χ1v) is 10.1. The maximum absolute atomic E-state index is 13.6. The standard InChI is InChI=1S/C20H22BrF2NO3/c21-20-7-12-3-13(8-20)6-19(5-12,11-20)9-18(26)27-10-17(25)24-16-2-1-14(22)4-15(16)23/h1-2,4,12-13H,3,5-11H2,(H,24,25). The number of carbonyl (C=O) groups is 2. The van der Waals surface area contributed by atoms with Gasteiger partial charge in [-0.2, -0.15) is 0 Å². The highest BCUT2D eigenvalue weighted by Gasteiger charge is 2.57. The van der Waals surface area contributed by atoms with E-state index in [2.05, 4.69) is 21.2 Å². The molecule has 0 saturated heterocycles. The van der Waals surface area contributed by atoms with Gasteiger partial charge in [-0.25, -0.2) is 8.78 Å². The number of anilines is 1. The Kier molecular flexibility index (Phi) is 4.77. The van der Waals surface area contributed by atoms with Crippen molar-refractivity contribution in [2.75, 3.05) is 11.9 Å². The Hall–Kier alpha value is -1.50. The molecule has 146 valence electrons. The minimum absolute atomic E-state index is 0.0236. The Balaban J connectivity index is 1.30. The number of nitrogens with one attached hydrogen (secondary N) is 1. The molecule has 2 unspecified atom stereocenters. The Morgan fingerprint density at radius 2 is 1.89 bits per heavy atom. The van der Waals surface area contributed by atoms with E-state index in [1.165, 1.54) is 19.3 Å². The number of hydrogen-bond acceptors (Lipinski definition) is 3. The monoisotopic (exact) mass is 441 g/mol. The Morgan fingerprint density at radius 3 is 2.52 bits per heavy atom. The van der Waals surface area contributed by atoms with Crippen LogP contribution < -0.4 is 5.32 Å². The van der Waals surface area contributed by atoms with Gasteiger partial charge in [0.2, 0.25) is 0 Å². The summed E-state index contributed by atoms with van der Waals surface area (Å²) in [6.07, 6.45) is 7.05. The summed E-state index contributed by atoms with van der Waals surface area (Å²) in [5.41, 5.74) is -0.163. The molecule has 1 amide bonds. The first-order valence-electron chi connectivity index (χ1n) is 9.34. The highest BCUT2D eigenvalue weighted by atomic mass is 79.9. The molecule has 4 saturated carbocycles. The molecule has 4 aliphatic rings. The van der Waals surface area contributed by atoms with Crippen molar-refractivity contribution in [3.63, 3.8) is 0 Å². The van der Waals surface area contributed by atoms with Crippen LogP contribution in [0, 0.1) is 28.9 Å². The zero-order valence-corrected chi connectivity index (χ0v) is 16.5. The largest absolute Gasteiger partial charge is 0.456 e. The van der Waals surface area contributed by atoms with E-state index in [1.54, 1.807) is 0 Å². The maximum atomic E-state index is 13.6. The van der Waals surface area contributed by atoms with Gasteiger partial charge in [0.05, 0.1) is 12.1 Å². The lowest BCUT2D eigenvalue weighted by Crippen LogP contribution is -2.53. The highest BCUT2D eigenvalue weighted by Crippen LogP contribution is 2.65. The predicted octanol–water partition coefficient (Wildman–Crippen LogP) is 4.57. The zero-order valence-electron chi connectivity index (χ0n) is 14.9. The van der Waals surface area contributed by atoms with Crippen LogP contribution in [-0.4, -0.2) is 22.8 Å². The summed E-state index contributed by atoms with van der Waals surface area (Å²) >= 11 is 3.92. The summed E-state index contributed by atoms with van der Waals surface area (Å²) in [5, 5.41) is 2.29. The molecule has 1 aromatic carbocycles. The number of amides is 1. The summed E-state index contributed by atoms with van der Waals surface area (Å²) in [6, 6.07) is 2.87. The van der Waals surface area contributed by atoms with E-state index in [0.29, 0.717) is 24.3 Å². The molecular weight excluding hydrogens is 420 g/mol. The van der Waals surface area contributed by atoms with Gasteiger partial charge in [-0.05, 0) is 67.9 Å². The van der Waals surface area contributed by atoms with Gasteiger partial charge in [-0.3, -0.25) is 9.59 Å². The van der Waals surface area contributed by atoms with Crippen LogP contribution in [0.3, 0.4) is 0 Å². The van der Waals surface area contributed by atoms with Crippen molar-refractivity contribution in [1.29, 1.82) is 0 Å². The molecule has 1 N–H and O–H groups in total.